The van der Waals surface area contributed by atoms with E-state index in [4.69, 9.17) is 0 Å². The second-order valence-corrected chi connectivity index (χ2v) is 15.0. The summed E-state index contributed by atoms with van der Waals surface area (Å²) in [4.78, 5) is 97.9. The van der Waals surface area contributed by atoms with Crippen LogP contribution in [0.4, 0.5) is 34.6 Å². The Morgan fingerprint density at radius 2 is 1.66 bits per heavy atom. The molecule has 0 aliphatic carbocycles. The number of piperidine rings is 1. The number of likely N-dealkylation sites (N-methyl/N-ethyl adjacent to an activating group) is 1. The molecular weight excluding hydrogens is 780 g/mol. The molecule has 1 unspecified atom stereocenters. The quantitative estimate of drug-likeness (QED) is 0.194. The van der Waals surface area contributed by atoms with E-state index in [1.165, 1.54) is 35.2 Å². The van der Waals surface area contributed by atoms with Gasteiger partial charge in [-0.25, -0.2) is 4.39 Å². The van der Waals surface area contributed by atoms with E-state index < -0.39 is 64.3 Å². The predicted octanol–water partition coefficient (Wildman–Crippen LogP) is 3.44. The number of benzene rings is 2. The molecule has 0 bridgehead atoms. The van der Waals surface area contributed by atoms with Gasteiger partial charge in [0, 0.05) is 68.2 Å². The minimum Gasteiger partial charge on any atom is -0.375 e. The summed E-state index contributed by atoms with van der Waals surface area (Å²) >= 11 is 0. The van der Waals surface area contributed by atoms with E-state index in [2.05, 4.69) is 25.8 Å². The van der Waals surface area contributed by atoms with Crippen LogP contribution >= 0.6 is 0 Å². The first kappa shape index (κ1) is 40.8. The zero-order valence-corrected chi connectivity index (χ0v) is 32.2. The summed E-state index contributed by atoms with van der Waals surface area (Å²) in [7, 11) is 1.95. The molecule has 2 saturated heterocycles. The molecule has 59 heavy (non-hydrogen) atoms. The molecule has 3 aromatic rings. The molecule has 19 heteroatoms. The van der Waals surface area contributed by atoms with Crippen molar-refractivity contribution in [3.05, 3.63) is 92.7 Å². The maximum absolute atomic E-state index is 16.1. The summed E-state index contributed by atoms with van der Waals surface area (Å²) in [6.45, 7) is 4.71. The highest BCUT2D eigenvalue weighted by molar-refractivity contribution is 6.25. The lowest BCUT2D eigenvalue weighted by Crippen LogP contribution is -2.55. The second kappa shape index (κ2) is 15.8. The summed E-state index contributed by atoms with van der Waals surface area (Å²) < 4.78 is 57.8. The van der Waals surface area contributed by atoms with Crippen LogP contribution < -0.4 is 26.4 Å². The monoisotopic (exact) mass is 820 g/mol. The van der Waals surface area contributed by atoms with Gasteiger partial charge in [0.25, 0.3) is 17.7 Å². The molecular formula is C40H40F4N8O7. The molecule has 2 fully saturated rings. The van der Waals surface area contributed by atoms with Crippen LogP contribution in [0.3, 0.4) is 0 Å². The first-order chi connectivity index (χ1) is 27.9. The Kier molecular flexibility index (Phi) is 10.9. The van der Waals surface area contributed by atoms with E-state index in [0.717, 1.165) is 4.90 Å². The number of hydrogen-bond acceptors (Lipinski definition) is 10. The number of anilines is 3. The molecule has 0 radical (unpaired) electrons. The number of hydrogen-bond donors (Lipinski definition) is 4. The lowest BCUT2D eigenvalue weighted by Gasteiger charge is -2.44. The van der Waals surface area contributed by atoms with Gasteiger partial charge in [-0.2, -0.15) is 13.2 Å². The van der Waals surface area contributed by atoms with Gasteiger partial charge in [-0.1, -0.05) is 12.1 Å². The zero-order valence-electron chi connectivity index (χ0n) is 32.2. The summed E-state index contributed by atoms with van der Waals surface area (Å²) in [5, 5.41) is 7.62. The van der Waals surface area contributed by atoms with Crippen molar-refractivity contribution < 1.29 is 46.3 Å². The minimum atomic E-state index is -5.01. The molecule has 15 nitrogen and oxygen atoms in total. The summed E-state index contributed by atoms with van der Waals surface area (Å²) in [5.74, 6) is -4.88. The summed E-state index contributed by atoms with van der Waals surface area (Å²) in [5.41, 5.74) is -2.18. The van der Waals surface area contributed by atoms with Crippen LogP contribution in [0.15, 0.2) is 53.5 Å². The average Bonchev–Trinajstić information content (AvgIpc) is 3.44. The van der Waals surface area contributed by atoms with Crippen LogP contribution in [0.2, 0.25) is 0 Å². The third-order valence-corrected chi connectivity index (χ3v) is 11.3. The molecule has 310 valence electrons. The number of nitrogens with zero attached hydrogens (tertiary/aromatic N) is 4. The first-order valence-electron chi connectivity index (χ1n) is 18.9. The van der Waals surface area contributed by atoms with Crippen molar-refractivity contribution in [2.24, 2.45) is 0 Å². The Bertz CT molecular complexity index is 2370. The third-order valence-electron chi connectivity index (χ3n) is 11.3. The van der Waals surface area contributed by atoms with Crippen molar-refractivity contribution in [2.75, 3.05) is 55.3 Å². The van der Waals surface area contributed by atoms with Crippen LogP contribution in [-0.4, -0.2) is 113 Å². The highest BCUT2D eigenvalue weighted by Gasteiger charge is 2.46. The second-order valence-electron chi connectivity index (χ2n) is 15.0. The summed E-state index contributed by atoms with van der Waals surface area (Å²) in [6, 6.07) is 6.25. The Hall–Kier alpha value is -6.37. The number of imide groups is 2. The highest BCUT2D eigenvalue weighted by Crippen LogP contribution is 2.38. The smallest absolute Gasteiger partial charge is 0.375 e. The number of pyridine rings is 1. The minimum absolute atomic E-state index is 0.00619. The van der Waals surface area contributed by atoms with Crippen molar-refractivity contribution >= 4 is 58.1 Å². The average molecular weight is 821 g/mol. The molecule has 1 aromatic heterocycles. The highest BCUT2D eigenvalue weighted by atomic mass is 19.4. The van der Waals surface area contributed by atoms with Crippen molar-refractivity contribution in [2.45, 2.75) is 57.4 Å². The molecule has 5 heterocycles. The number of carbonyl (C=O) groups is 6. The van der Waals surface area contributed by atoms with Gasteiger partial charge < -0.3 is 25.4 Å². The largest absolute Gasteiger partial charge is 0.417 e. The number of amides is 6. The van der Waals surface area contributed by atoms with Crippen LogP contribution in [-0.2, 0) is 20.6 Å². The zero-order chi connectivity index (χ0) is 42.5. The van der Waals surface area contributed by atoms with E-state index in [1.54, 1.807) is 6.08 Å². The number of rotatable bonds is 8. The molecule has 0 saturated carbocycles. The Morgan fingerprint density at radius 1 is 0.932 bits per heavy atom. The van der Waals surface area contributed by atoms with E-state index in [9.17, 15) is 46.7 Å². The van der Waals surface area contributed by atoms with Crippen LogP contribution in [0.25, 0.3) is 5.57 Å². The lowest BCUT2D eigenvalue weighted by molar-refractivity contribution is -0.138. The number of aromatic amines is 1. The maximum Gasteiger partial charge on any atom is 0.417 e. The molecule has 2 aromatic carbocycles. The van der Waals surface area contributed by atoms with Gasteiger partial charge in [0.05, 0.1) is 40.2 Å². The fourth-order valence-corrected chi connectivity index (χ4v) is 7.94. The van der Waals surface area contributed by atoms with Crippen molar-refractivity contribution in [1.82, 2.24) is 25.0 Å². The molecule has 4 N–H and O–H groups in total. The molecule has 4 aliphatic heterocycles. The maximum atomic E-state index is 16.1. The normalized spacial score (nSPS) is 21.3. The number of piperazine rings is 1. The number of H-pyrrole nitrogens is 1. The van der Waals surface area contributed by atoms with Gasteiger partial charge in [-0.3, -0.25) is 48.7 Å². The number of carbonyl (C=O) groups excluding carboxylic acids is 6. The van der Waals surface area contributed by atoms with Gasteiger partial charge in [0.15, 0.2) is 0 Å². The van der Waals surface area contributed by atoms with E-state index >= 15 is 4.39 Å². The van der Waals surface area contributed by atoms with Gasteiger partial charge in [0.1, 0.15) is 11.9 Å². The first-order valence-corrected chi connectivity index (χ1v) is 18.9. The topological polar surface area (TPSA) is 184 Å². The SMILES string of the molecule is C[C@@H]1CN(c2cc(F)c(C3=CCN(C(=O)CNc4cccc5c4C(=O)N(C4CCC(=O)NC4=O)C5=O)CC3)cc2NC(=O)c2c[nH]c(=O)cc2C(F)(F)F)C[C@H](C)N1C. The molecule has 4 aliphatic rings. The fourth-order valence-electron chi connectivity index (χ4n) is 7.94. The molecule has 0 spiro atoms. The van der Waals surface area contributed by atoms with Crippen molar-refractivity contribution in [3.8, 4) is 0 Å². The predicted molar refractivity (Wildman–Crippen MR) is 206 cm³/mol. The fraction of sp³-hybridized carbons (Fsp3) is 0.375. The number of alkyl halides is 3. The standard InChI is InChI=1S/C40H40F4N8O7/c1-20-18-51(19-21(2)49(20)3)31-15-27(41)24(13-29(31)47-36(56)25-16-46-33(54)14-26(25)40(42,43)44)22-9-11-50(12-10-22)34(55)17-45-28-6-4-5-23-35(28)39(59)52(38(23)58)30-7-8-32(53)48-37(30)57/h4-6,9,13-16,20-21,30,45H,7-8,10-12,17-19H2,1-3H3,(H,46,54)(H,47,56)(H,48,53,57)/t20-,21+,30?. The molecule has 6 amide bonds. The molecule has 3 atom stereocenters. The molecule has 7 rings (SSSR count). The van der Waals surface area contributed by atoms with E-state index in [0.29, 0.717) is 30.9 Å². The van der Waals surface area contributed by atoms with Crippen LogP contribution in [0.1, 0.15) is 75.3 Å². The van der Waals surface area contributed by atoms with Crippen molar-refractivity contribution in [1.29, 1.82) is 0 Å². The number of nitrogens with one attached hydrogen (secondary N) is 4. The number of fused-ring (bicyclic) bond motifs is 1. The number of aromatic nitrogens is 1. The van der Waals surface area contributed by atoms with Gasteiger partial charge in [0.2, 0.25) is 23.3 Å². The van der Waals surface area contributed by atoms with Gasteiger partial charge in [-0.05, 0) is 63.6 Å². The van der Waals surface area contributed by atoms with E-state index in [1.807, 2.05) is 25.8 Å². The van der Waals surface area contributed by atoms with Crippen LogP contribution in [0.5, 0.6) is 0 Å². The third kappa shape index (κ3) is 7.93. The Labute approximate surface area is 334 Å². The van der Waals surface area contributed by atoms with Gasteiger partial charge in [-0.15, -0.1) is 0 Å². The van der Waals surface area contributed by atoms with E-state index in [-0.39, 0.29) is 90.6 Å². The lowest BCUT2D eigenvalue weighted by atomic mass is 9.96. The Morgan fingerprint density at radius 3 is 2.32 bits per heavy atom. The summed E-state index contributed by atoms with van der Waals surface area (Å²) in [6.07, 6.45) is -2.57. The number of halogens is 4. The van der Waals surface area contributed by atoms with Crippen molar-refractivity contribution in [3.63, 3.8) is 0 Å². The Balaban J connectivity index is 1.09. The van der Waals surface area contributed by atoms with Crippen LogP contribution in [0, 0.1) is 5.82 Å². The van der Waals surface area contributed by atoms with Gasteiger partial charge >= 0.3 is 6.18 Å².